The molecule has 0 spiro atoms. The second kappa shape index (κ2) is 3.62. The van der Waals surface area contributed by atoms with Crippen molar-refractivity contribution in [2.45, 2.75) is 13.3 Å². The smallest absolute Gasteiger partial charge is 0.305 e. The summed E-state index contributed by atoms with van der Waals surface area (Å²) in [5.41, 5.74) is 0. The molecule has 1 heterocycles. The number of hydrogen-bond acceptors (Lipinski definition) is 4. The molecule has 58 valence electrons. The molecule has 1 aromatic rings. The van der Waals surface area contributed by atoms with Gasteiger partial charge in [0, 0.05) is 0 Å². The van der Waals surface area contributed by atoms with Gasteiger partial charge in [-0.05, 0) is 6.92 Å². The van der Waals surface area contributed by atoms with Crippen molar-refractivity contribution in [3.8, 4) is 12.0 Å². The monoisotopic (exact) mass is 152 g/mol. The molecule has 0 fully saturated rings. The fraction of sp³-hybridized carbons (Fsp3) is 0.429. The summed E-state index contributed by atoms with van der Waals surface area (Å²) < 4.78 is 10.0. The van der Waals surface area contributed by atoms with Crippen LogP contribution >= 0.6 is 0 Å². The molecule has 4 heteroatoms. The predicted molar refractivity (Wildman–Crippen MR) is 37.0 cm³/mol. The predicted octanol–water partition coefficient (Wildman–Crippen LogP) is 1.14. The summed E-state index contributed by atoms with van der Waals surface area (Å²) in [6.45, 7) is 2.40. The van der Waals surface area contributed by atoms with Crippen molar-refractivity contribution in [3.05, 3.63) is 12.1 Å². The lowest BCUT2D eigenvalue weighted by Gasteiger charge is -1.92. The summed E-state index contributed by atoms with van der Waals surface area (Å²) in [5.74, 6) is 0.772. The third-order valence-corrected chi connectivity index (χ3v) is 1.05. The van der Waals surface area contributed by atoms with Gasteiger partial charge in [-0.25, -0.2) is 4.98 Å². The third-order valence-electron chi connectivity index (χ3n) is 1.05. The Balaban J connectivity index is 2.60. The second-order valence-corrected chi connectivity index (χ2v) is 1.84. The van der Waals surface area contributed by atoms with Gasteiger partial charge < -0.3 is 9.15 Å². The molecule has 0 unspecified atom stereocenters. The number of aromatic nitrogens is 1. The van der Waals surface area contributed by atoms with E-state index in [1.54, 1.807) is 0 Å². The summed E-state index contributed by atoms with van der Waals surface area (Å²) >= 11 is 0. The maximum atomic E-state index is 8.27. The molecule has 0 saturated heterocycles. The van der Waals surface area contributed by atoms with Crippen LogP contribution in [0.5, 0.6) is 5.95 Å². The molecule has 0 aromatic carbocycles. The number of ether oxygens (including phenoxy) is 1. The first-order valence-corrected chi connectivity index (χ1v) is 3.31. The zero-order valence-electron chi connectivity index (χ0n) is 6.20. The molecule has 11 heavy (non-hydrogen) atoms. The molecule has 4 nitrogen and oxygen atoms in total. The van der Waals surface area contributed by atoms with Crippen molar-refractivity contribution in [2.75, 3.05) is 6.61 Å². The van der Waals surface area contributed by atoms with Gasteiger partial charge >= 0.3 is 5.95 Å². The Morgan fingerprint density at radius 3 is 3.27 bits per heavy atom. The highest BCUT2D eigenvalue weighted by Crippen LogP contribution is 2.11. The summed E-state index contributed by atoms with van der Waals surface area (Å²) in [5, 5.41) is 8.27. The Bertz CT molecular complexity index is 262. The molecule has 0 atom stereocenters. The summed E-state index contributed by atoms with van der Waals surface area (Å²) in [7, 11) is 0. The SMILES string of the molecule is CCOc1cnc(CC#N)o1. The number of hydrogen-bond donors (Lipinski definition) is 0. The molecular formula is C7H8N2O2. The van der Waals surface area contributed by atoms with Gasteiger partial charge in [0.15, 0.2) is 0 Å². The van der Waals surface area contributed by atoms with E-state index in [-0.39, 0.29) is 6.42 Å². The Kier molecular flexibility index (Phi) is 2.50. The zero-order valence-corrected chi connectivity index (χ0v) is 6.20. The van der Waals surface area contributed by atoms with Crippen LogP contribution in [-0.2, 0) is 6.42 Å². The standard InChI is InChI=1S/C7H8N2O2/c1-2-10-7-5-9-6(11-7)3-4-8/h5H,2-3H2,1H3. The highest BCUT2D eigenvalue weighted by atomic mass is 16.6. The normalized spacial score (nSPS) is 9.09. The van der Waals surface area contributed by atoms with Gasteiger partial charge in [-0.1, -0.05) is 0 Å². The van der Waals surface area contributed by atoms with Crippen LogP contribution in [0, 0.1) is 11.3 Å². The molecule has 0 aliphatic carbocycles. The van der Waals surface area contributed by atoms with E-state index < -0.39 is 0 Å². The number of nitriles is 1. The number of nitrogens with zero attached hydrogens (tertiary/aromatic N) is 2. The third kappa shape index (κ3) is 1.97. The number of oxazole rings is 1. The van der Waals surface area contributed by atoms with Crippen LogP contribution in [0.15, 0.2) is 10.6 Å². The molecule has 0 aliphatic rings. The van der Waals surface area contributed by atoms with Gasteiger partial charge in [-0.15, -0.1) is 0 Å². The van der Waals surface area contributed by atoms with Crippen molar-refractivity contribution >= 4 is 0 Å². The topological polar surface area (TPSA) is 59.0 Å². The molecule has 0 saturated carbocycles. The first-order valence-electron chi connectivity index (χ1n) is 3.31. The minimum Gasteiger partial charge on any atom is -0.464 e. The van der Waals surface area contributed by atoms with Crippen molar-refractivity contribution in [2.24, 2.45) is 0 Å². The maximum absolute atomic E-state index is 8.27. The molecule has 1 aromatic heterocycles. The van der Waals surface area contributed by atoms with E-state index in [2.05, 4.69) is 4.98 Å². The molecule has 0 radical (unpaired) electrons. The van der Waals surface area contributed by atoms with Crippen molar-refractivity contribution < 1.29 is 9.15 Å². The average Bonchev–Trinajstić information content (AvgIpc) is 2.38. The molecule has 0 N–H and O–H groups in total. The first-order chi connectivity index (χ1) is 5.36. The Morgan fingerprint density at radius 2 is 2.64 bits per heavy atom. The van der Waals surface area contributed by atoms with E-state index >= 15 is 0 Å². The molecule has 0 aliphatic heterocycles. The first kappa shape index (κ1) is 7.61. The van der Waals surface area contributed by atoms with Gasteiger partial charge in [0.2, 0.25) is 5.89 Å². The minimum atomic E-state index is 0.188. The number of rotatable bonds is 3. The van der Waals surface area contributed by atoms with Gasteiger partial charge in [0.05, 0.1) is 12.7 Å². The fourth-order valence-electron chi connectivity index (χ4n) is 0.652. The van der Waals surface area contributed by atoms with E-state index in [0.29, 0.717) is 18.4 Å². The van der Waals surface area contributed by atoms with Crippen molar-refractivity contribution in [3.63, 3.8) is 0 Å². The van der Waals surface area contributed by atoms with Gasteiger partial charge in [0.25, 0.3) is 0 Å². The summed E-state index contributed by atoms with van der Waals surface area (Å²) in [6.07, 6.45) is 1.66. The quantitative estimate of drug-likeness (QED) is 0.651. The maximum Gasteiger partial charge on any atom is 0.305 e. The van der Waals surface area contributed by atoms with Crippen LogP contribution in [0.2, 0.25) is 0 Å². The molecule has 1 rings (SSSR count). The van der Waals surface area contributed by atoms with Gasteiger partial charge in [-0.3, -0.25) is 0 Å². The van der Waals surface area contributed by atoms with E-state index in [0.717, 1.165) is 0 Å². The second-order valence-electron chi connectivity index (χ2n) is 1.84. The zero-order chi connectivity index (χ0) is 8.10. The van der Waals surface area contributed by atoms with E-state index in [9.17, 15) is 0 Å². The van der Waals surface area contributed by atoms with Crippen LogP contribution < -0.4 is 4.74 Å². The fourth-order valence-corrected chi connectivity index (χ4v) is 0.652. The Hall–Kier alpha value is -1.50. The Labute approximate surface area is 64.4 Å². The Morgan fingerprint density at radius 1 is 1.82 bits per heavy atom. The lowest BCUT2D eigenvalue weighted by atomic mass is 10.5. The lowest BCUT2D eigenvalue weighted by molar-refractivity contribution is 0.251. The van der Waals surface area contributed by atoms with Gasteiger partial charge in [-0.2, -0.15) is 5.26 Å². The molecular weight excluding hydrogens is 144 g/mol. The van der Waals surface area contributed by atoms with E-state index in [4.69, 9.17) is 14.4 Å². The van der Waals surface area contributed by atoms with Gasteiger partial charge in [0.1, 0.15) is 12.6 Å². The average molecular weight is 152 g/mol. The molecule has 0 amide bonds. The highest BCUT2D eigenvalue weighted by molar-refractivity contribution is 5.02. The largest absolute Gasteiger partial charge is 0.464 e. The van der Waals surface area contributed by atoms with Crippen LogP contribution in [-0.4, -0.2) is 11.6 Å². The van der Waals surface area contributed by atoms with Crippen molar-refractivity contribution in [1.29, 1.82) is 5.26 Å². The summed E-state index contributed by atoms with van der Waals surface area (Å²) in [6, 6.07) is 1.93. The van der Waals surface area contributed by atoms with Crippen LogP contribution in [0.4, 0.5) is 0 Å². The lowest BCUT2D eigenvalue weighted by Crippen LogP contribution is -1.88. The van der Waals surface area contributed by atoms with Crippen molar-refractivity contribution in [1.82, 2.24) is 4.98 Å². The van der Waals surface area contributed by atoms with E-state index in [1.165, 1.54) is 6.20 Å². The van der Waals surface area contributed by atoms with Crippen LogP contribution in [0.25, 0.3) is 0 Å². The minimum absolute atomic E-state index is 0.188. The van der Waals surface area contributed by atoms with Crippen LogP contribution in [0.1, 0.15) is 12.8 Å². The molecule has 0 bridgehead atoms. The highest BCUT2D eigenvalue weighted by Gasteiger charge is 2.01. The van der Waals surface area contributed by atoms with E-state index in [1.807, 2.05) is 13.0 Å². The summed E-state index contributed by atoms with van der Waals surface area (Å²) in [4.78, 5) is 3.81. The van der Waals surface area contributed by atoms with Crippen LogP contribution in [0.3, 0.4) is 0 Å².